The number of fused-ring (bicyclic) bond motifs is 1. The highest BCUT2D eigenvalue weighted by molar-refractivity contribution is 7.17. The van der Waals surface area contributed by atoms with E-state index in [4.69, 9.17) is 0 Å². The fraction of sp³-hybridized carbons (Fsp3) is 0.438. The second-order valence-electron chi connectivity index (χ2n) is 5.33. The Labute approximate surface area is 112 Å². The van der Waals surface area contributed by atoms with Gasteiger partial charge in [0.1, 0.15) is 5.78 Å². The number of Topliss-reactive ketones (excluding diaryl/α,β-unsaturated/α-hetero) is 1. The summed E-state index contributed by atoms with van der Waals surface area (Å²) in [7, 11) is 0. The monoisotopic (exact) mass is 258 g/mol. The van der Waals surface area contributed by atoms with Crippen LogP contribution in [-0.2, 0) is 11.2 Å². The van der Waals surface area contributed by atoms with Crippen LogP contribution in [0.2, 0.25) is 0 Å². The van der Waals surface area contributed by atoms with Crippen LogP contribution in [0.5, 0.6) is 0 Å². The van der Waals surface area contributed by atoms with E-state index >= 15 is 0 Å². The summed E-state index contributed by atoms with van der Waals surface area (Å²) in [6, 6.07) is 8.37. The summed E-state index contributed by atoms with van der Waals surface area (Å²) in [6.07, 6.45) is 6.58. The number of carbonyl (C=O) groups excluding carboxylic acids is 1. The average Bonchev–Trinajstić information content (AvgIpc) is 3.00. The Bertz CT molecular complexity index is 549. The van der Waals surface area contributed by atoms with E-state index in [0.717, 1.165) is 6.42 Å². The SMILES string of the molecule is O=C(Cc1csc2ccccc12)CC1CCCC1. The Morgan fingerprint density at radius 2 is 2.00 bits per heavy atom. The molecule has 0 saturated heterocycles. The van der Waals surface area contributed by atoms with Gasteiger partial charge in [-0.1, -0.05) is 43.9 Å². The zero-order valence-electron chi connectivity index (χ0n) is 10.5. The Balaban J connectivity index is 1.70. The molecule has 1 aliphatic carbocycles. The van der Waals surface area contributed by atoms with Crippen LogP contribution in [0, 0.1) is 5.92 Å². The fourth-order valence-corrected chi connectivity index (χ4v) is 3.95. The minimum atomic E-state index is 0.422. The molecule has 1 fully saturated rings. The third-order valence-electron chi connectivity index (χ3n) is 3.94. The Morgan fingerprint density at radius 1 is 1.22 bits per heavy atom. The molecular formula is C16H18OS. The Kier molecular flexibility index (Phi) is 3.46. The van der Waals surface area contributed by atoms with Gasteiger partial charge >= 0.3 is 0 Å². The van der Waals surface area contributed by atoms with Gasteiger partial charge in [0.25, 0.3) is 0 Å². The van der Waals surface area contributed by atoms with Gasteiger partial charge < -0.3 is 0 Å². The van der Waals surface area contributed by atoms with Gasteiger partial charge in [-0.25, -0.2) is 0 Å². The van der Waals surface area contributed by atoms with Gasteiger partial charge in [-0.15, -0.1) is 11.3 Å². The summed E-state index contributed by atoms with van der Waals surface area (Å²) in [4.78, 5) is 12.1. The summed E-state index contributed by atoms with van der Waals surface area (Å²) in [6.45, 7) is 0. The predicted octanol–water partition coefficient (Wildman–Crippen LogP) is 4.59. The molecule has 1 aromatic heterocycles. The minimum absolute atomic E-state index is 0.422. The first-order valence-corrected chi connectivity index (χ1v) is 7.68. The smallest absolute Gasteiger partial charge is 0.137 e. The molecule has 3 rings (SSSR count). The number of carbonyl (C=O) groups is 1. The molecule has 1 saturated carbocycles. The molecule has 0 radical (unpaired) electrons. The fourth-order valence-electron chi connectivity index (χ4n) is 2.99. The van der Waals surface area contributed by atoms with Crippen LogP contribution in [0.1, 0.15) is 37.7 Å². The molecule has 2 heteroatoms. The van der Waals surface area contributed by atoms with Crippen LogP contribution in [0.3, 0.4) is 0 Å². The van der Waals surface area contributed by atoms with Gasteiger partial charge in [-0.05, 0) is 28.3 Å². The first kappa shape index (κ1) is 11.9. The van der Waals surface area contributed by atoms with E-state index in [-0.39, 0.29) is 0 Å². The molecule has 0 bridgehead atoms. The van der Waals surface area contributed by atoms with E-state index in [1.165, 1.54) is 41.3 Å². The van der Waals surface area contributed by atoms with Crippen LogP contribution >= 0.6 is 11.3 Å². The molecule has 0 atom stereocenters. The second-order valence-corrected chi connectivity index (χ2v) is 6.24. The van der Waals surface area contributed by atoms with Crippen molar-refractivity contribution in [2.75, 3.05) is 0 Å². The van der Waals surface area contributed by atoms with Crippen molar-refractivity contribution in [3.63, 3.8) is 0 Å². The molecule has 1 nitrogen and oxygen atoms in total. The maximum atomic E-state index is 12.1. The molecule has 0 aliphatic heterocycles. The molecule has 0 unspecified atom stereocenters. The first-order valence-electron chi connectivity index (χ1n) is 6.80. The third-order valence-corrected chi connectivity index (χ3v) is 4.95. The molecule has 0 amide bonds. The van der Waals surface area contributed by atoms with Gasteiger partial charge in [-0.3, -0.25) is 4.79 Å². The number of hydrogen-bond acceptors (Lipinski definition) is 2. The summed E-state index contributed by atoms with van der Waals surface area (Å²) < 4.78 is 1.29. The topological polar surface area (TPSA) is 17.1 Å². The predicted molar refractivity (Wildman–Crippen MR) is 77.1 cm³/mol. The van der Waals surface area contributed by atoms with Crippen molar-refractivity contribution in [2.45, 2.75) is 38.5 Å². The quantitative estimate of drug-likeness (QED) is 0.783. The maximum Gasteiger partial charge on any atom is 0.137 e. The van der Waals surface area contributed by atoms with Gasteiger partial charge in [0.05, 0.1) is 0 Å². The highest BCUT2D eigenvalue weighted by Crippen LogP contribution is 2.30. The summed E-state index contributed by atoms with van der Waals surface area (Å²) in [5.74, 6) is 1.09. The van der Waals surface area contributed by atoms with Crippen molar-refractivity contribution in [3.05, 3.63) is 35.2 Å². The van der Waals surface area contributed by atoms with Crippen molar-refractivity contribution in [3.8, 4) is 0 Å². The number of rotatable bonds is 4. The summed E-state index contributed by atoms with van der Waals surface area (Å²) >= 11 is 1.75. The van der Waals surface area contributed by atoms with Crippen molar-refractivity contribution >= 4 is 27.2 Å². The lowest BCUT2D eigenvalue weighted by molar-refractivity contribution is -0.119. The van der Waals surface area contributed by atoms with E-state index in [1.807, 2.05) is 0 Å². The molecule has 1 aromatic carbocycles. The van der Waals surface area contributed by atoms with Crippen molar-refractivity contribution in [2.24, 2.45) is 5.92 Å². The molecular weight excluding hydrogens is 240 g/mol. The van der Waals surface area contributed by atoms with Gasteiger partial charge in [-0.2, -0.15) is 0 Å². The summed E-state index contributed by atoms with van der Waals surface area (Å²) in [5.41, 5.74) is 1.22. The Hall–Kier alpha value is -1.15. The zero-order valence-corrected chi connectivity index (χ0v) is 11.3. The minimum Gasteiger partial charge on any atom is -0.299 e. The number of thiophene rings is 1. The van der Waals surface area contributed by atoms with E-state index < -0.39 is 0 Å². The van der Waals surface area contributed by atoms with Gasteiger partial charge in [0.2, 0.25) is 0 Å². The standard InChI is InChI=1S/C16H18OS/c17-14(9-12-5-1-2-6-12)10-13-11-18-16-8-4-3-7-15(13)16/h3-4,7-8,11-12H,1-2,5-6,9-10H2. The van der Waals surface area contributed by atoms with Crippen LogP contribution in [0.15, 0.2) is 29.6 Å². The molecule has 1 heterocycles. The van der Waals surface area contributed by atoms with Crippen LogP contribution < -0.4 is 0 Å². The van der Waals surface area contributed by atoms with Crippen LogP contribution in [-0.4, -0.2) is 5.78 Å². The van der Waals surface area contributed by atoms with Gasteiger partial charge in [0.15, 0.2) is 0 Å². The molecule has 2 aromatic rings. The van der Waals surface area contributed by atoms with E-state index in [9.17, 15) is 4.79 Å². The lowest BCUT2D eigenvalue weighted by Crippen LogP contribution is -2.07. The molecule has 94 valence electrons. The maximum absolute atomic E-state index is 12.1. The molecule has 0 spiro atoms. The second kappa shape index (κ2) is 5.23. The number of hydrogen-bond donors (Lipinski definition) is 0. The van der Waals surface area contributed by atoms with Crippen LogP contribution in [0.4, 0.5) is 0 Å². The molecule has 18 heavy (non-hydrogen) atoms. The lowest BCUT2D eigenvalue weighted by atomic mass is 9.97. The van der Waals surface area contributed by atoms with Crippen molar-refractivity contribution < 1.29 is 4.79 Å². The molecule has 1 aliphatic rings. The van der Waals surface area contributed by atoms with Crippen molar-refractivity contribution in [1.29, 1.82) is 0 Å². The summed E-state index contributed by atoms with van der Waals surface area (Å²) in [5, 5.41) is 3.42. The number of ketones is 1. The largest absolute Gasteiger partial charge is 0.299 e. The molecule has 0 N–H and O–H groups in total. The zero-order chi connectivity index (χ0) is 12.4. The highest BCUT2D eigenvalue weighted by atomic mass is 32.1. The van der Waals surface area contributed by atoms with Crippen molar-refractivity contribution in [1.82, 2.24) is 0 Å². The normalized spacial score (nSPS) is 16.4. The average molecular weight is 258 g/mol. The third kappa shape index (κ3) is 2.49. The Morgan fingerprint density at radius 3 is 2.83 bits per heavy atom. The van der Waals surface area contributed by atoms with Gasteiger partial charge in [0, 0.05) is 17.5 Å². The van der Waals surface area contributed by atoms with E-state index in [1.54, 1.807) is 11.3 Å². The van der Waals surface area contributed by atoms with E-state index in [2.05, 4.69) is 29.6 Å². The van der Waals surface area contributed by atoms with Crippen LogP contribution in [0.25, 0.3) is 10.1 Å². The highest BCUT2D eigenvalue weighted by Gasteiger charge is 2.19. The number of benzene rings is 1. The van der Waals surface area contributed by atoms with E-state index in [0.29, 0.717) is 18.1 Å². The first-order chi connectivity index (χ1) is 8.83. The lowest BCUT2D eigenvalue weighted by Gasteiger charge is -2.07.